The number of unbranched alkanes of at least 4 members (excludes halogenated alkanes) is 7. The van der Waals surface area contributed by atoms with Crippen LogP contribution in [0.1, 0.15) is 58.3 Å². The molecular weight excluding hydrogens is 254 g/mol. The molecule has 1 rings (SSSR count). The van der Waals surface area contributed by atoms with Crippen molar-refractivity contribution in [2.24, 2.45) is 0 Å². The van der Waals surface area contributed by atoms with E-state index in [9.17, 15) is 0 Å². The fourth-order valence-corrected chi connectivity index (χ4v) is 2.19. The van der Waals surface area contributed by atoms with Crippen LogP contribution in [0.25, 0.3) is 0 Å². The molecule has 1 aromatic carbocycles. The lowest BCUT2D eigenvalue weighted by molar-refractivity contribution is 0.304. The normalized spacial score (nSPS) is 10.6. The molecule has 0 aliphatic carbocycles. The van der Waals surface area contributed by atoms with Gasteiger partial charge in [0.15, 0.2) is 0 Å². The summed E-state index contributed by atoms with van der Waals surface area (Å²) < 4.78 is 5.67. The molecule has 0 aromatic heterocycles. The third-order valence-corrected chi connectivity index (χ3v) is 3.67. The van der Waals surface area contributed by atoms with E-state index in [4.69, 9.17) is 10.5 Å². The highest BCUT2D eigenvalue weighted by atomic mass is 32.1. The Labute approximate surface area is 123 Å². The van der Waals surface area contributed by atoms with Crippen LogP contribution in [0.2, 0.25) is 0 Å². The fraction of sp³-hybridized carbons (Fsp3) is 0.625. The van der Waals surface area contributed by atoms with Crippen molar-refractivity contribution < 1.29 is 4.74 Å². The SMILES string of the molecule is CCCCCCCCCCOc1ccc(S)c(N)c1. The maximum atomic E-state index is 5.77. The summed E-state index contributed by atoms with van der Waals surface area (Å²) in [5, 5.41) is 0. The molecule has 3 heteroatoms. The van der Waals surface area contributed by atoms with Gasteiger partial charge in [-0.25, -0.2) is 0 Å². The van der Waals surface area contributed by atoms with E-state index >= 15 is 0 Å². The van der Waals surface area contributed by atoms with Gasteiger partial charge < -0.3 is 10.5 Å². The number of nitrogen functional groups attached to an aromatic ring is 1. The molecule has 0 unspecified atom stereocenters. The number of hydrogen-bond acceptors (Lipinski definition) is 3. The lowest BCUT2D eigenvalue weighted by Gasteiger charge is -2.07. The van der Waals surface area contributed by atoms with Gasteiger partial charge in [-0.15, -0.1) is 12.6 Å². The molecule has 0 heterocycles. The van der Waals surface area contributed by atoms with Gasteiger partial charge in [-0.05, 0) is 18.6 Å². The zero-order valence-electron chi connectivity index (χ0n) is 12.0. The topological polar surface area (TPSA) is 35.2 Å². The van der Waals surface area contributed by atoms with Crippen LogP contribution in [0.3, 0.4) is 0 Å². The van der Waals surface area contributed by atoms with Crippen LogP contribution in [0.5, 0.6) is 5.75 Å². The Morgan fingerprint density at radius 3 is 2.26 bits per heavy atom. The van der Waals surface area contributed by atoms with Gasteiger partial charge in [0.2, 0.25) is 0 Å². The van der Waals surface area contributed by atoms with Gasteiger partial charge in [-0.2, -0.15) is 0 Å². The van der Waals surface area contributed by atoms with Crippen LogP contribution >= 0.6 is 12.6 Å². The van der Waals surface area contributed by atoms with E-state index in [1.54, 1.807) is 0 Å². The van der Waals surface area contributed by atoms with E-state index in [2.05, 4.69) is 19.6 Å². The molecule has 0 aliphatic rings. The summed E-state index contributed by atoms with van der Waals surface area (Å²) in [6.07, 6.45) is 10.5. The maximum Gasteiger partial charge on any atom is 0.121 e. The third kappa shape index (κ3) is 7.36. The number of anilines is 1. The van der Waals surface area contributed by atoms with Crippen LogP contribution < -0.4 is 10.5 Å². The first-order valence-electron chi connectivity index (χ1n) is 7.45. The molecule has 108 valence electrons. The summed E-state index contributed by atoms with van der Waals surface area (Å²) in [6, 6.07) is 5.64. The Morgan fingerprint density at radius 1 is 1.00 bits per heavy atom. The van der Waals surface area contributed by atoms with Crippen molar-refractivity contribution in [3.05, 3.63) is 18.2 Å². The molecule has 0 saturated heterocycles. The fourth-order valence-electron chi connectivity index (χ4n) is 2.05. The van der Waals surface area contributed by atoms with Crippen molar-refractivity contribution in [1.29, 1.82) is 0 Å². The summed E-state index contributed by atoms with van der Waals surface area (Å²) in [7, 11) is 0. The van der Waals surface area contributed by atoms with E-state index in [0.717, 1.165) is 23.7 Å². The summed E-state index contributed by atoms with van der Waals surface area (Å²) in [5.41, 5.74) is 6.45. The molecule has 0 amide bonds. The molecule has 0 aliphatic heterocycles. The predicted molar refractivity (Wildman–Crippen MR) is 86.2 cm³/mol. The minimum absolute atomic E-state index is 0.678. The van der Waals surface area contributed by atoms with Crippen LogP contribution in [-0.4, -0.2) is 6.61 Å². The Kier molecular flexibility index (Phi) is 8.55. The number of thiol groups is 1. The zero-order valence-corrected chi connectivity index (χ0v) is 12.9. The van der Waals surface area contributed by atoms with Crippen molar-refractivity contribution in [2.45, 2.75) is 63.2 Å². The van der Waals surface area contributed by atoms with Crippen molar-refractivity contribution >= 4 is 18.3 Å². The Balaban J connectivity index is 2.00. The Bertz CT molecular complexity index is 355. The van der Waals surface area contributed by atoms with E-state index in [1.165, 1.54) is 44.9 Å². The van der Waals surface area contributed by atoms with Gasteiger partial charge in [0, 0.05) is 16.6 Å². The van der Waals surface area contributed by atoms with Crippen LogP contribution in [0.4, 0.5) is 5.69 Å². The highest BCUT2D eigenvalue weighted by Crippen LogP contribution is 2.22. The summed E-state index contributed by atoms with van der Waals surface area (Å²) in [5.74, 6) is 0.846. The number of hydrogen-bond donors (Lipinski definition) is 2. The van der Waals surface area contributed by atoms with Gasteiger partial charge in [0.1, 0.15) is 5.75 Å². The highest BCUT2D eigenvalue weighted by Gasteiger charge is 1.98. The average molecular weight is 281 g/mol. The Hall–Kier alpha value is -0.830. The summed E-state index contributed by atoms with van der Waals surface area (Å²) >= 11 is 4.24. The predicted octanol–water partition coefficient (Wildman–Crippen LogP) is 5.08. The van der Waals surface area contributed by atoms with Crippen molar-refractivity contribution in [2.75, 3.05) is 12.3 Å². The minimum atomic E-state index is 0.678. The van der Waals surface area contributed by atoms with Crippen molar-refractivity contribution in [1.82, 2.24) is 0 Å². The lowest BCUT2D eigenvalue weighted by atomic mass is 10.1. The smallest absolute Gasteiger partial charge is 0.121 e. The van der Waals surface area contributed by atoms with Crippen LogP contribution in [0, 0.1) is 0 Å². The van der Waals surface area contributed by atoms with E-state index in [0.29, 0.717) is 5.69 Å². The second-order valence-corrected chi connectivity index (χ2v) is 5.53. The molecule has 0 radical (unpaired) electrons. The number of nitrogens with two attached hydrogens (primary N) is 1. The van der Waals surface area contributed by atoms with E-state index in [1.807, 2.05) is 18.2 Å². The molecule has 2 N–H and O–H groups in total. The zero-order chi connectivity index (χ0) is 13.9. The average Bonchev–Trinajstić information content (AvgIpc) is 2.41. The first kappa shape index (κ1) is 16.2. The van der Waals surface area contributed by atoms with Crippen molar-refractivity contribution in [3.63, 3.8) is 0 Å². The quantitative estimate of drug-likeness (QED) is 0.356. The molecule has 0 atom stereocenters. The standard InChI is InChI=1S/C16H27NOS/c1-2-3-4-5-6-7-8-9-12-18-14-10-11-16(19)15(17)13-14/h10-11,13,19H,2-9,12,17H2,1H3. The maximum absolute atomic E-state index is 5.77. The van der Waals surface area contributed by atoms with Gasteiger partial charge in [0.05, 0.1) is 6.61 Å². The summed E-state index contributed by atoms with van der Waals surface area (Å²) in [4.78, 5) is 0.805. The van der Waals surface area contributed by atoms with E-state index in [-0.39, 0.29) is 0 Å². The van der Waals surface area contributed by atoms with Crippen LogP contribution in [0.15, 0.2) is 23.1 Å². The molecule has 0 bridgehead atoms. The summed E-state index contributed by atoms with van der Waals surface area (Å²) in [6.45, 7) is 3.03. The molecule has 0 saturated carbocycles. The van der Waals surface area contributed by atoms with Crippen LogP contribution in [-0.2, 0) is 0 Å². The number of rotatable bonds is 10. The third-order valence-electron chi connectivity index (χ3n) is 3.27. The van der Waals surface area contributed by atoms with Crippen molar-refractivity contribution in [3.8, 4) is 5.75 Å². The number of ether oxygens (including phenoxy) is 1. The number of benzene rings is 1. The highest BCUT2D eigenvalue weighted by molar-refractivity contribution is 7.80. The first-order chi connectivity index (χ1) is 9.24. The molecule has 0 spiro atoms. The molecule has 2 nitrogen and oxygen atoms in total. The molecule has 0 fully saturated rings. The van der Waals surface area contributed by atoms with Gasteiger partial charge in [-0.1, -0.05) is 51.9 Å². The second kappa shape index (κ2) is 10.0. The lowest BCUT2D eigenvalue weighted by Crippen LogP contribution is -1.98. The molecule has 1 aromatic rings. The largest absolute Gasteiger partial charge is 0.494 e. The second-order valence-electron chi connectivity index (χ2n) is 5.04. The monoisotopic (exact) mass is 281 g/mol. The van der Waals surface area contributed by atoms with Gasteiger partial charge in [0.25, 0.3) is 0 Å². The minimum Gasteiger partial charge on any atom is -0.494 e. The van der Waals surface area contributed by atoms with Gasteiger partial charge in [-0.3, -0.25) is 0 Å². The Morgan fingerprint density at radius 2 is 1.63 bits per heavy atom. The molecule has 19 heavy (non-hydrogen) atoms. The van der Waals surface area contributed by atoms with Gasteiger partial charge >= 0.3 is 0 Å². The molecular formula is C16H27NOS. The first-order valence-corrected chi connectivity index (χ1v) is 7.90. The van der Waals surface area contributed by atoms with E-state index < -0.39 is 0 Å².